The molecule has 0 radical (unpaired) electrons. The number of halogens is 4. The van der Waals surface area contributed by atoms with Crippen molar-refractivity contribution >= 4 is 39.0 Å². The molecule has 0 unspecified atom stereocenters. The van der Waals surface area contributed by atoms with E-state index < -0.39 is 22.2 Å². The first-order chi connectivity index (χ1) is 15.5. The zero-order chi connectivity index (χ0) is 24.2. The molecule has 4 rings (SSSR count). The minimum Gasteiger partial charge on any atom is -0.487 e. The molecule has 0 aliphatic carbocycles. The maximum atomic E-state index is 13.2. The topological polar surface area (TPSA) is 99.2 Å². The second kappa shape index (κ2) is 10.1. The number of aliphatic carboxylic acids is 1. The van der Waals surface area contributed by atoms with E-state index in [1.165, 1.54) is 16.4 Å². The Morgan fingerprint density at radius 3 is 2.18 bits per heavy atom. The van der Waals surface area contributed by atoms with E-state index >= 15 is 0 Å². The van der Waals surface area contributed by atoms with Crippen molar-refractivity contribution in [3.8, 4) is 5.75 Å². The molecule has 13 heteroatoms. The van der Waals surface area contributed by atoms with Crippen LogP contribution >= 0.6 is 11.6 Å². The lowest BCUT2D eigenvalue weighted by Gasteiger charge is -2.36. The van der Waals surface area contributed by atoms with E-state index in [0.29, 0.717) is 23.1 Å². The number of hydrogen-bond donors (Lipinski definition) is 2. The Morgan fingerprint density at radius 2 is 1.61 bits per heavy atom. The molecule has 2 N–H and O–H groups in total. The van der Waals surface area contributed by atoms with Gasteiger partial charge in [0.2, 0.25) is 0 Å². The van der Waals surface area contributed by atoms with E-state index in [9.17, 15) is 21.6 Å². The van der Waals surface area contributed by atoms with Gasteiger partial charge in [-0.05, 0) is 36.4 Å². The van der Waals surface area contributed by atoms with Gasteiger partial charge in [0, 0.05) is 31.2 Å². The van der Waals surface area contributed by atoms with Crippen molar-refractivity contribution in [1.82, 2.24) is 5.32 Å². The fourth-order valence-electron chi connectivity index (χ4n) is 3.35. The molecule has 0 amide bonds. The predicted molar refractivity (Wildman–Crippen MR) is 117 cm³/mol. The first kappa shape index (κ1) is 24.9. The molecule has 2 aliphatic rings. The van der Waals surface area contributed by atoms with Gasteiger partial charge < -0.3 is 20.1 Å². The molecule has 8 nitrogen and oxygen atoms in total. The number of alkyl halides is 3. The first-order valence-electron chi connectivity index (χ1n) is 9.81. The summed E-state index contributed by atoms with van der Waals surface area (Å²) in [5.74, 6) is -2.12. The number of carboxylic acids is 1. The number of para-hydroxylation sites is 1. The fourth-order valence-corrected chi connectivity index (χ4v) is 4.92. The van der Waals surface area contributed by atoms with Gasteiger partial charge in [-0.25, -0.2) is 13.2 Å². The van der Waals surface area contributed by atoms with Crippen LogP contribution in [0.2, 0.25) is 5.02 Å². The lowest BCUT2D eigenvalue weighted by molar-refractivity contribution is -0.192. The van der Waals surface area contributed by atoms with Gasteiger partial charge in [-0.15, -0.1) is 0 Å². The van der Waals surface area contributed by atoms with E-state index in [1.807, 2.05) is 12.1 Å². The lowest BCUT2D eigenvalue weighted by Crippen LogP contribution is -2.44. The number of piperazine rings is 1. The average molecular weight is 508 g/mol. The molecule has 0 atom stereocenters. The van der Waals surface area contributed by atoms with E-state index in [-0.39, 0.29) is 11.4 Å². The number of rotatable bonds is 3. The highest BCUT2D eigenvalue weighted by atomic mass is 35.5. The van der Waals surface area contributed by atoms with Gasteiger partial charge in [0.15, 0.2) is 5.75 Å². The van der Waals surface area contributed by atoms with Gasteiger partial charge in [0.1, 0.15) is 6.61 Å². The van der Waals surface area contributed by atoms with E-state index in [4.69, 9.17) is 26.2 Å². The maximum Gasteiger partial charge on any atom is 0.490 e. The number of hydrogen-bond acceptors (Lipinski definition) is 6. The van der Waals surface area contributed by atoms with Crippen LogP contribution in [0.4, 0.5) is 24.5 Å². The van der Waals surface area contributed by atoms with Crippen LogP contribution in [0.1, 0.15) is 0 Å². The zero-order valence-electron chi connectivity index (χ0n) is 17.2. The number of carbonyl (C=O) groups is 1. The number of sulfonamides is 1. The van der Waals surface area contributed by atoms with E-state index in [1.54, 1.807) is 18.2 Å². The summed E-state index contributed by atoms with van der Waals surface area (Å²) in [7, 11) is -3.68. The van der Waals surface area contributed by atoms with Crippen LogP contribution in [-0.2, 0) is 14.8 Å². The summed E-state index contributed by atoms with van der Waals surface area (Å²) in [4.78, 5) is 11.4. The molecule has 1 saturated heterocycles. The molecular formula is C20H21ClF3N3O5S. The van der Waals surface area contributed by atoms with Crippen molar-refractivity contribution in [3.05, 3.63) is 47.5 Å². The summed E-state index contributed by atoms with van der Waals surface area (Å²) in [6.45, 7) is 4.13. The summed E-state index contributed by atoms with van der Waals surface area (Å²) in [5, 5.41) is 11.0. The third-order valence-corrected chi connectivity index (χ3v) is 6.96. The van der Waals surface area contributed by atoms with Crippen molar-refractivity contribution in [1.29, 1.82) is 0 Å². The smallest absolute Gasteiger partial charge is 0.487 e. The standard InChI is InChI=1S/C18H20ClN3O3S.C2HF3O2/c19-14-4-6-15(7-5-14)26(23,24)22-12-13-25-18-16(2-1-3-17(18)22)21-10-8-20-9-11-21;3-2(4,5)1(6)7/h1-7,20H,8-13H2;(H,6,7). The van der Waals surface area contributed by atoms with Crippen molar-refractivity contribution in [2.45, 2.75) is 11.1 Å². The molecule has 2 aromatic rings. The summed E-state index contributed by atoms with van der Waals surface area (Å²) >= 11 is 5.90. The highest BCUT2D eigenvalue weighted by molar-refractivity contribution is 7.92. The highest BCUT2D eigenvalue weighted by Gasteiger charge is 2.38. The Kier molecular flexibility index (Phi) is 7.60. The van der Waals surface area contributed by atoms with Crippen LogP contribution in [0.3, 0.4) is 0 Å². The number of nitrogens with one attached hydrogen (secondary N) is 1. The second-order valence-electron chi connectivity index (χ2n) is 7.04. The minimum absolute atomic E-state index is 0.224. The monoisotopic (exact) mass is 507 g/mol. The van der Waals surface area contributed by atoms with Crippen molar-refractivity contribution in [2.75, 3.05) is 48.5 Å². The van der Waals surface area contributed by atoms with E-state index in [2.05, 4.69) is 10.2 Å². The van der Waals surface area contributed by atoms with Gasteiger partial charge >= 0.3 is 12.1 Å². The highest BCUT2D eigenvalue weighted by Crippen LogP contribution is 2.42. The summed E-state index contributed by atoms with van der Waals surface area (Å²) < 4.78 is 65.4. The molecule has 0 aromatic heterocycles. The number of carboxylic acid groups (broad SMARTS) is 1. The van der Waals surface area contributed by atoms with Gasteiger partial charge in [0.05, 0.1) is 22.8 Å². The van der Waals surface area contributed by atoms with Gasteiger partial charge in [-0.3, -0.25) is 4.31 Å². The van der Waals surface area contributed by atoms with Crippen LogP contribution < -0.4 is 19.3 Å². The quantitative estimate of drug-likeness (QED) is 0.659. The average Bonchev–Trinajstić information content (AvgIpc) is 2.79. The molecule has 0 bridgehead atoms. The number of ether oxygens (including phenoxy) is 1. The normalized spacial score (nSPS) is 16.2. The molecule has 2 aliphatic heterocycles. The maximum absolute atomic E-state index is 13.2. The summed E-state index contributed by atoms with van der Waals surface area (Å²) in [6.07, 6.45) is -5.08. The van der Waals surface area contributed by atoms with Crippen LogP contribution in [0, 0.1) is 0 Å². The number of benzene rings is 2. The lowest BCUT2D eigenvalue weighted by atomic mass is 10.2. The van der Waals surface area contributed by atoms with Crippen LogP contribution in [0.25, 0.3) is 0 Å². The van der Waals surface area contributed by atoms with E-state index in [0.717, 1.165) is 31.9 Å². The van der Waals surface area contributed by atoms with Crippen molar-refractivity contribution in [3.63, 3.8) is 0 Å². The number of anilines is 2. The van der Waals surface area contributed by atoms with Gasteiger partial charge in [-0.2, -0.15) is 13.2 Å². The summed E-state index contributed by atoms with van der Waals surface area (Å²) in [6, 6.07) is 11.9. The molecule has 0 saturated carbocycles. The van der Waals surface area contributed by atoms with Gasteiger partial charge in [-0.1, -0.05) is 17.7 Å². The molecule has 2 aromatic carbocycles. The van der Waals surface area contributed by atoms with Crippen molar-refractivity contribution < 1.29 is 36.2 Å². The molecule has 180 valence electrons. The fraction of sp³-hybridized carbons (Fsp3) is 0.350. The third-order valence-electron chi connectivity index (χ3n) is 4.88. The van der Waals surface area contributed by atoms with Crippen LogP contribution in [0.5, 0.6) is 5.75 Å². The Hall–Kier alpha value is -2.70. The molecule has 2 heterocycles. The second-order valence-corrected chi connectivity index (χ2v) is 9.34. The van der Waals surface area contributed by atoms with Crippen LogP contribution in [-0.4, -0.2) is 65.0 Å². The predicted octanol–water partition coefficient (Wildman–Crippen LogP) is 2.97. The Labute approximate surface area is 193 Å². The SMILES string of the molecule is O=C(O)C(F)(F)F.O=S(=O)(c1ccc(Cl)cc1)N1CCOc2c(N3CCNCC3)cccc21. The van der Waals surface area contributed by atoms with Gasteiger partial charge in [0.25, 0.3) is 10.0 Å². The molecular weight excluding hydrogens is 487 g/mol. The molecule has 1 fully saturated rings. The van der Waals surface area contributed by atoms with Crippen molar-refractivity contribution in [2.24, 2.45) is 0 Å². The minimum atomic E-state index is -5.08. The Morgan fingerprint density at radius 1 is 1.03 bits per heavy atom. The number of fused-ring (bicyclic) bond motifs is 1. The van der Waals surface area contributed by atoms with Crippen LogP contribution in [0.15, 0.2) is 47.4 Å². The Bertz CT molecular complexity index is 1090. The summed E-state index contributed by atoms with van der Waals surface area (Å²) in [5.41, 5.74) is 1.53. The largest absolute Gasteiger partial charge is 0.490 e. The number of nitrogens with zero attached hydrogens (tertiary/aromatic N) is 2. The first-order valence-corrected chi connectivity index (χ1v) is 11.6. The Balaban J connectivity index is 0.000000383. The third kappa shape index (κ3) is 5.81. The zero-order valence-corrected chi connectivity index (χ0v) is 18.8. The molecule has 0 spiro atoms. The molecule has 33 heavy (non-hydrogen) atoms.